The fraction of sp³-hybridized carbons (Fsp3) is 0.364. The number of aldehydes is 1. The summed E-state index contributed by atoms with van der Waals surface area (Å²) in [5.74, 6) is 0. The molecule has 1 fully saturated rings. The van der Waals surface area contributed by atoms with E-state index in [4.69, 9.17) is 4.74 Å². The molecule has 0 N–H and O–H groups in total. The number of unbranched alkanes of at least 4 members (excludes halogenated alkanes) is 1. The van der Waals surface area contributed by atoms with Crippen LogP contribution in [0.2, 0.25) is 0 Å². The summed E-state index contributed by atoms with van der Waals surface area (Å²) in [5.41, 5.74) is 5.89. The van der Waals surface area contributed by atoms with Gasteiger partial charge in [0.15, 0.2) is 0 Å². The molecule has 4 heteroatoms. The van der Waals surface area contributed by atoms with E-state index in [1.165, 1.54) is 5.56 Å². The number of hydrogen-bond acceptors (Lipinski definition) is 4. The van der Waals surface area contributed by atoms with Gasteiger partial charge in [0.2, 0.25) is 0 Å². The molecule has 1 aromatic heterocycles. The molecule has 1 aliphatic heterocycles. The van der Waals surface area contributed by atoms with Crippen LogP contribution in [0.4, 0.5) is 5.69 Å². The Morgan fingerprint density at radius 2 is 2.04 bits per heavy atom. The van der Waals surface area contributed by atoms with Crippen molar-refractivity contribution in [2.75, 3.05) is 31.2 Å². The standard InChI is InChI=1S/C22H26N2O2/c1-3-4-5-18-6-7-19(13-22(18)17(2)16-25)20-12-21(15-23-14-20)24-8-10-26-11-9-24/h6-7,12-16H,2-5,8-11H2,1H3. The first-order chi connectivity index (χ1) is 12.7. The van der Waals surface area contributed by atoms with Gasteiger partial charge < -0.3 is 9.64 Å². The summed E-state index contributed by atoms with van der Waals surface area (Å²) >= 11 is 0. The van der Waals surface area contributed by atoms with Crippen LogP contribution in [0.3, 0.4) is 0 Å². The predicted molar refractivity (Wildman–Crippen MR) is 106 cm³/mol. The number of hydrogen-bond donors (Lipinski definition) is 0. The Morgan fingerprint density at radius 3 is 2.77 bits per heavy atom. The molecule has 1 aromatic carbocycles. The molecule has 2 heterocycles. The van der Waals surface area contributed by atoms with E-state index in [0.717, 1.165) is 74.2 Å². The zero-order valence-electron chi connectivity index (χ0n) is 15.4. The number of allylic oxidation sites excluding steroid dienone is 1. The summed E-state index contributed by atoms with van der Waals surface area (Å²) in [6.07, 6.45) is 7.81. The largest absolute Gasteiger partial charge is 0.378 e. The predicted octanol–water partition coefficient (Wildman–Crippen LogP) is 4.14. The average Bonchev–Trinajstić information content (AvgIpc) is 2.72. The zero-order chi connectivity index (χ0) is 18.4. The van der Waals surface area contributed by atoms with Crippen molar-refractivity contribution in [2.45, 2.75) is 26.2 Å². The number of anilines is 1. The Bertz CT molecular complexity index is 779. The van der Waals surface area contributed by atoms with Crippen molar-refractivity contribution in [1.29, 1.82) is 0 Å². The van der Waals surface area contributed by atoms with Gasteiger partial charge >= 0.3 is 0 Å². The van der Waals surface area contributed by atoms with Crippen molar-refractivity contribution >= 4 is 17.5 Å². The van der Waals surface area contributed by atoms with Gasteiger partial charge in [0.05, 0.1) is 25.1 Å². The quantitative estimate of drug-likeness (QED) is 0.556. The lowest BCUT2D eigenvalue weighted by Crippen LogP contribution is -2.36. The van der Waals surface area contributed by atoms with Gasteiger partial charge in [-0.15, -0.1) is 0 Å². The highest BCUT2D eigenvalue weighted by molar-refractivity contribution is 6.06. The Morgan fingerprint density at radius 1 is 1.23 bits per heavy atom. The molecule has 3 rings (SSSR count). The van der Waals surface area contributed by atoms with Crippen LogP contribution in [0, 0.1) is 0 Å². The Kier molecular flexibility index (Phi) is 6.18. The van der Waals surface area contributed by atoms with E-state index < -0.39 is 0 Å². The normalized spacial score (nSPS) is 14.3. The number of pyridine rings is 1. The molecule has 1 aliphatic rings. The van der Waals surface area contributed by atoms with E-state index in [1.807, 2.05) is 12.4 Å². The van der Waals surface area contributed by atoms with Crippen molar-refractivity contribution < 1.29 is 9.53 Å². The SMILES string of the molecule is C=C(C=O)c1cc(-c2cncc(N3CCOCC3)c2)ccc1CCCC. The third-order valence-corrected chi connectivity index (χ3v) is 4.83. The van der Waals surface area contributed by atoms with E-state index in [2.05, 4.69) is 47.7 Å². The second-order valence-corrected chi connectivity index (χ2v) is 6.65. The zero-order valence-corrected chi connectivity index (χ0v) is 15.4. The molecular weight excluding hydrogens is 324 g/mol. The van der Waals surface area contributed by atoms with Gasteiger partial charge in [0.1, 0.15) is 6.29 Å². The number of carbonyl (C=O) groups excluding carboxylic acids is 1. The van der Waals surface area contributed by atoms with Gasteiger partial charge in [-0.3, -0.25) is 9.78 Å². The van der Waals surface area contributed by atoms with Crippen LogP contribution in [0.25, 0.3) is 16.7 Å². The highest BCUT2D eigenvalue weighted by atomic mass is 16.5. The highest BCUT2D eigenvalue weighted by Gasteiger charge is 2.13. The van der Waals surface area contributed by atoms with Gasteiger partial charge in [-0.1, -0.05) is 32.1 Å². The molecule has 0 amide bonds. The molecule has 0 saturated carbocycles. The Labute approximate surface area is 155 Å². The van der Waals surface area contributed by atoms with Crippen LogP contribution in [0.5, 0.6) is 0 Å². The number of carbonyl (C=O) groups is 1. The fourth-order valence-corrected chi connectivity index (χ4v) is 3.28. The lowest BCUT2D eigenvalue weighted by atomic mass is 9.93. The average molecular weight is 350 g/mol. The van der Waals surface area contributed by atoms with E-state index in [-0.39, 0.29) is 0 Å². The van der Waals surface area contributed by atoms with Crippen LogP contribution < -0.4 is 4.90 Å². The minimum atomic E-state index is 0.537. The minimum Gasteiger partial charge on any atom is -0.378 e. The topological polar surface area (TPSA) is 42.4 Å². The summed E-state index contributed by atoms with van der Waals surface area (Å²) in [5, 5.41) is 0. The molecule has 0 radical (unpaired) electrons. The van der Waals surface area contributed by atoms with Crippen LogP contribution >= 0.6 is 0 Å². The summed E-state index contributed by atoms with van der Waals surface area (Å²) in [6, 6.07) is 8.47. The number of morpholine rings is 1. The first-order valence-electron chi connectivity index (χ1n) is 9.28. The molecule has 0 unspecified atom stereocenters. The lowest BCUT2D eigenvalue weighted by molar-refractivity contribution is -0.103. The van der Waals surface area contributed by atoms with E-state index in [9.17, 15) is 4.79 Å². The molecule has 0 spiro atoms. The molecule has 26 heavy (non-hydrogen) atoms. The van der Waals surface area contributed by atoms with Gasteiger partial charge in [-0.2, -0.15) is 0 Å². The van der Waals surface area contributed by atoms with E-state index in [1.54, 1.807) is 0 Å². The fourth-order valence-electron chi connectivity index (χ4n) is 3.28. The van der Waals surface area contributed by atoms with Crippen molar-refractivity contribution in [2.24, 2.45) is 0 Å². The maximum absolute atomic E-state index is 11.3. The summed E-state index contributed by atoms with van der Waals surface area (Å²) in [7, 11) is 0. The highest BCUT2D eigenvalue weighted by Crippen LogP contribution is 2.29. The summed E-state index contributed by atoms with van der Waals surface area (Å²) in [4.78, 5) is 18.0. The molecular formula is C22H26N2O2. The molecule has 0 bridgehead atoms. The summed E-state index contributed by atoms with van der Waals surface area (Å²) in [6.45, 7) is 9.37. The number of nitrogens with zero attached hydrogens (tertiary/aromatic N) is 2. The number of rotatable bonds is 7. The first kappa shape index (κ1) is 18.3. The molecule has 0 aliphatic carbocycles. The number of benzene rings is 1. The van der Waals surface area contributed by atoms with Gasteiger partial charge in [-0.05, 0) is 41.7 Å². The van der Waals surface area contributed by atoms with Gasteiger partial charge in [0.25, 0.3) is 0 Å². The third-order valence-electron chi connectivity index (χ3n) is 4.83. The van der Waals surface area contributed by atoms with Crippen LogP contribution in [-0.4, -0.2) is 37.6 Å². The maximum Gasteiger partial charge on any atom is 0.150 e. The Balaban J connectivity index is 1.93. The van der Waals surface area contributed by atoms with Crippen molar-refractivity contribution in [3.63, 3.8) is 0 Å². The maximum atomic E-state index is 11.3. The van der Waals surface area contributed by atoms with E-state index in [0.29, 0.717) is 5.57 Å². The summed E-state index contributed by atoms with van der Waals surface area (Å²) < 4.78 is 5.43. The van der Waals surface area contributed by atoms with Gasteiger partial charge in [-0.25, -0.2) is 0 Å². The molecule has 136 valence electrons. The number of aromatic nitrogens is 1. The lowest BCUT2D eigenvalue weighted by Gasteiger charge is -2.28. The first-order valence-corrected chi connectivity index (χ1v) is 9.28. The van der Waals surface area contributed by atoms with E-state index >= 15 is 0 Å². The number of ether oxygens (including phenoxy) is 1. The molecule has 1 saturated heterocycles. The second kappa shape index (κ2) is 8.77. The minimum absolute atomic E-state index is 0.537. The monoisotopic (exact) mass is 350 g/mol. The molecule has 4 nitrogen and oxygen atoms in total. The van der Waals surface area contributed by atoms with Crippen molar-refractivity contribution in [3.8, 4) is 11.1 Å². The molecule has 0 atom stereocenters. The van der Waals surface area contributed by atoms with Gasteiger partial charge in [0, 0.05) is 30.4 Å². The van der Waals surface area contributed by atoms with Crippen LogP contribution in [0.1, 0.15) is 30.9 Å². The van der Waals surface area contributed by atoms with Crippen LogP contribution in [0.15, 0.2) is 43.2 Å². The van der Waals surface area contributed by atoms with Crippen molar-refractivity contribution in [1.82, 2.24) is 4.98 Å². The van der Waals surface area contributed by atoms with Crippen LogP contribution in [-0.2, 0) is 16.0 Å². The number of aryl methyl sites for hydroxylation is 1. The third kappa shape index (κ3) is 4.20. The second-order valence-electron chi connectivity index (χ2n) is 6.65. The van der Waals surface area contributed by atoms with Crippen molar-refractivity contribution in [3.05, 3.63) is 54.4 Å². The smallest absolute Gasteiger partial charge is 0.150 e. The Hall–Kier alpha value is -2.46. The molecule has 2 aromatic rings.